The maximum atomic E-state index is 12.5. The Kier molecular flexibility index (Phi) is 7.19. The largest absolute Gasteiger partial charge is 0.354 e. The minimum Gasteiger partial charge on any atom is -0.354 e. The first kappa shape index (κ1) is 20.5. The summed E-state index contributed by atoms with van der Waals surface area (Å²) in [7, 11) is 0. The molecule has 0 atom stereocenters. The Bertz CT molecular complexity index is 919. The van der Waals surface area contributed by atoms with E-state index in [4.69, 9.17) is 11.6 Å². The van der Waals surface area contributed by atoms with Crippen LogP contribution in [-0.4, -0.2) is 40.8 Å². The van der Waals surface area contributed by atoms with Crippen LogP contribution < -0.4 is 5.32 Å². The topological polar surface area (TPSA) is 66.5 Å². The molecule has 144 valence electrons. The highest BCUT2D eigenvalue weighted by Gasteiger charge is 2.34. The average molecular weight is 433 g/mol. The SMILES string of the molecule is O=C(CSc1ccccc1)NCCN1C(=O)S/C(=C\c2ccccc2Cl)C1=O. The number of amides is 3. The molecule has 1 aliphatic heterocycles. The number of hydrogen-bond acceptors (Lipinski definition) is 5. The summed E-state index contributed by atoms with van der Waals surface area (Å²) in [5, 5.41) is 2.90. The van der Waals surface area contributed by atoms with Crippen LogP contribution in [0.3, 0.4) is 0 Å². The van der Waals surface area contributed by atoms with Crippen LogP contribution in [-0.2, 0) is 9.59 Å². The Morgan fingerprint density at radius 2 is 1.82 bits per heavy atom. The summed E-state index contributed by atoms with van der Waals surface area (Å²) in [5.74, 6) is -0.242. The van der Waals surface area contributed by atoms with Crippen LogP contribution in [0.25, 0.3) is 6.08 Å². The van der Waals surface area contributed by atoms with Gasteiger partial charge in [-0.2, -0.15) is 0 Å². The van der Waals surface area contributed by atoms with Crippen LogP contribution in [0.5, 0.6) is 0 Å². The summed E-state index contributed by atoms with van der Waals surface area (Å²) >= 11 is 8.41. The number of imide groups is 1. The van der Waals surface area contributed by atoms with Gasteiger partial charge in [-0.1, -0.05) is 48.0 Å². The number of hydrogen-bond donors (Lipinski definition) is 1. The van der Waals surface area contributed by atoms with E-state index in [-0.39, 0.29) is 35.9 Å². The molecule has 0 radical (unpaired) electrons. The zero-order chi connectivity index (χ0) is 19.9. The van der Waals surface area contributed by atoms with E-state index in [1.54, 1.807) is 24.3 Å². The smallest absolute Gasteiger partial charge is 0.293 e. The van der Waals surface area contributed by atoms with Gasteiger partial charge >= 0.3 is 0 Å². The number of nitrogens with zero attached hydrogens (tertiary/aromatic N) is 1. The third-order valence-corrected chi connectivity index (χ3v) is 6.10. The lowest BCUT2D eigenvalue weighted by Gasteiger charge is -2.13. The fourth-order valence-corrected chi connectivity index (χ4v) is 4.25. The van der Waals surface area contributed by atoms with Gasteiger partial charge in [0, 0.05) is 23.0 Å². The zero-order valence-corrected chi connectivity index (χ0v) is 17.2. The average Bonchev–Trinajstić information content (AvgIpc) is 2.96. The Morgan fingerprint density at radius 3 is 2.57 bits per heavy atom. The van der Waals surface area contributed by atoms with Crippen LogP contribution in [0.2, 0.25) is 5.02 Å². The summed E-state index contributed by atoms with van der Waals surface area (Å²) in [4.78, 5) is 39.0. The molecule has 1 saturated heterocycles. The van der Waals surface area contributed by atoms with Crippen LogP contribution in [0.4, 0.5) is 4.79 Å². The van der Waals surface area contributed by atoms with Gasteiger partial charge in [0.15, 0.2) is 0 Å². The molecule has 2 aromatic rings. The van der Waals surface area contributed by atoms with Crippen molar-refractivity contribution in [2.75, 3.05) is 18.8 Å². The Balaban J connectivity index is 1.49. The van der Waals surface area contributed by atoms with Gasteiger partial charge in [-0.3, -0.25) is 19.3 Å². The lowest BCUT2D eigenvalue weighted by Crippen LogP contribution is -2.37. The molecule has 1 N–H and O–H groups in total. The lowest BCUT2D eigenvalue weighted by molar-refractivity contribution is -0.123. The molecule has 1 heterocycles. The minimum atomic E-state index is -0.372. The number of benzene rings is 2. The molecule has 8 heteroatoms. The van der Waals surface area contributed by atoms with Crippen molar-refractivity contribution >= 4 is 58.3 Å². The third-order valence-electron chi connectivity index (χ3n) is 3.84. The van der Waals surface area contributed by atoms with E-state index in [1.807, 2.05) is 36.4 Å². The second-order valence-corrected chi connectivity index (χ2v) is 8.26. The van der Waals surface area contributed by atoms with Crippen molar-refractivity contribution in [3.8, 4) is 0 Å². The lowest BCUT2D eigenvalue weighted by atomic mass is 10.2. The predicted molar refractivity (Wildman–Crippen MR) is 114 cm³/mol. The molecule has 0 aliphatic carbocycles. The molecule has 1 aliphatic rings. The highest BCUT2D eigenvalue weighted by Crippen LogP contribution is 2.33. The van der Waals surface area contributed by atoms with E-state index >= 15 is 0 Å². The Labute approximate surface area is 176 Å². The molecule has 1 fully saturated rings. The van der Waals surface area contributed by atoms with Crippen LogP contribution >= 0.6 is 35.1 Å². The second-order valence-electron chi connectivity index (χ2n) is 5.81. The predicted octanol–water partition coefficient (Wildman–Crippen LogP) is 4.28. The van der Waals surface area contributed by atoms with Crippen molar-refractivity contribution in [2.45, 2.75) is 4.90 Å². The van der Waals surface area contributed by atoms with Gasteiger partial charge in [-0.25, -0.2) is 0 Å². The van der Waals surface area contributed by atoms with E-state index < -0.39 is 0 Å². The highest BCUT2D eigenvalue weighted by atomic mass is 35.5. The number of thioether (sulfide) groups is 2. The van der Waals surface area contributed by atoms with Crippen molar-refractivity contribution in [2.24, 2.45) is 0 Å². The van der Waals surface area contributed by atoms with Crippen LogP contribution in [0.15, 0.2) is 64.4 Å². The Hall–Kier alpha value is -2.22. The van der Waals surface area contributed by atoms with Crippen LogP contribution in [0.1, 0.15) is 5.56 Å². The Morgan fingerprint density at radius 1 is 1.11 bits per heavy atom. The quantitative estimate of drug-likeness (QED) is 0.522. The van der Waals surface area contributed by atoms with Gasteiger partial charge in [-0.15, -0.1) is 11.8 Å². The molecule has 5 nitrogen and oxygen atoms in total. The molecule has 0 unspecified atom stereocenters. The van der Waals surface area contributed by atoms with Crippen LogP contribution in [0, 0.1) is 0 Å². The van der Waals surface area contributed by atoms with Crippen molar-refractivity contribution in [3.05, 3.63) is 70.1 Å². The molecule has 28 heavy (non-hydrogen) atoms. The molecule has 3 rings (SSSR count). The van der Waals surface area contributed by atoms with E-state index in [9.17, 15) is 14.4 Å². The van der Waals surface area contributed by atoms with Gasteiger partial charge < -0.3 is 5.32 Å². The molecule has 3 amide bonds. The van der Waals surface area contributed by atoms with Crippen molar-refractivity contribution in [3.63, 3.8) is 0 Å². The maximum Gasteiger partial charge on any atom is 0.293 e. The summed E-state index contributed by atoms with van der Waals surface area (Å²) in [6, 6.07) is 16.7. The molecule has 0 spiro atoms. The van der Waals surface area contributed by atoms with Crippen molar-refractivity contribution < 1.29 is 14.4 Å². The normalized spacial score (nSPS) is 15.3. The number of carbonyl (C=O) groups excluding carboxylic acids is 3. The zero-order valence-electron chi connectivity index (χ0n) is 14.8. The van der Waals surface area contributed by atoms with E-state index in [0.29, 0.717) is 15.5 Å². The number of rotatable bonds is 7. The number of halogens is 1. The van der Waals surface area contributed by atoms with E-state index in [1.165, 1.54) is 11.8 Å². The van der Waals surface area contributed by atoms with Gasteiger partial charge in [0.2, 0.25) is 5.91 Å². The molecular formula is C20H17ClN2O3S2. The van der Waals surface area contributed by atoms with Gasteiger partial charge in [0.1, 0.15) is 0 Å². The second kappa shape index (κ2) is 9.82. The summed E-state index contributed by atoms with van der Waals surface area (Å²) in [6.07, 6.45) is 1.61. The molecule has 0 aromatic heterocycles. The first-order valence-electron chi connectivity index (χ1n) is 8.49. The van der Waals surface area contributed by atoms with Gasteiger partial charge in [0.25, 0.3) is 11.1 Å². The van der Waals surface area contributed by atoms with Crippen molar-refractivity contribution in [1.82, 2.24) is 10.2 Å². The standard InChI is InChI=1S/C20H17ClN2O3S2/c21-16-9-5-4-6-14(16)12-17-19(25)23(20(26)28-17)11-10-22-18(24)13-27-15-7-2-1-3-8-15/h1-9,12H,10-11,13H2,(H,22,24)/b17-12-. The molecule has 0 bridgehead atoms. The fraction of sp³-hybridized carbons (Fsp3) is 0.150. The maximum absolute atomic E-state index is 12.5. The van der Waals surface area contributed by atoms with Gasteiger partial charge in [0.05, 0.1) is 10.7 Å². The number of carbonyl (C=O) groups is 3. The number of nitrogens with one attached hydrogen (secondary N) is 1. The summed E-state index contributed by atoms with van der Waals surface area (Å²) in [6.45, 7) is 0.345. The first-order chi connectivity index (χ1) is 13.5. The fourth-order valence-electron chi connectivity index (χ4n) is 2.45. The molecular weight excluding hydrogens is 416 g/mol. The third kappa shape index (κ3) is 5.41. The molecule has 0 saturated carbocycles. The summed E-state index contributed by atoms with van der Waals surface area (Å²) < 4.78 is 0. The monoisotopic (exact) mass is 432 g/mol. The van der Waals surface area contributed by atoms with E-state index in [2.05, 4.69) is 5.32 Å². The minimum absolute atomic E-state index is 0.131. The summed E-state index contributed by atoms with van der Waals surface area (Å²) in [5.41, 5.74) is 0.681. The van der Waals surface area contributed by atoms with Gasteiger partial charge in [-0.05, 0) is 41.6 Å². The van der Waals surface area contributed by atoms with E-state index in [0.717, 1.165) is 21.6 Å². The highest BCUT2D eigenvalue weighted by molar-refractivity contribution is 8.18. The molecule has 2 aromatic carbocycles. The first-order valence-corrected chi connectivity index (χ1v) is 10.7. The van der Waals surface area contributed by atoms with Crippen molar-refractivity contribution in [1.29, 1.82) is 0 Å².